The van der Waals surface area contributed by atoms with E-state index in [1.807, 2.05) is 0 Å². The van der Waals surface area contributed by atoms with Gasteiger partial charge < -0.3 is 15.8 Å². The third-order valence-corrected chi connectivity index (χ3v) is 3.54. The van der Waals surface area contributed by atoms with Crippen LogP contribution < -0.4 is 15.8 Å². The minimum atomic E-state index is -0.308. The molecule has 0 atom stereocenters. The van der Waals surface area contributed by atoms with Crippen molar-refractivity contribution in [2.45, 2.75) is 0 Å². The molecule has 0 saturated heterocycles. The summed E-state index contributed by atoms with van der Waals surface area (Å²) in [6.07, 6.45) is 0. The number of hydrogen-bond acceptors (Lipinski definition) is 3. The van der Waals surface area contributed by atoms with Crippen molar-refractivity contribution in [2.24, 2.45) is 0 Å². The molecule has 0 spiro atoms. The molecule has 2 rings (SSSR count). The highest BCUT2D eigenvalue weighted by atomic mass is 79.9. The van der Waals surface area contributed by atoms with Crippen LogP contribution in [0.4, 0.5) is 11.4 Å². The second-order valence-corrected chi connectivity index (χ2v) is 5.33. The molecule has 20 heavy (non-hydrogen) atoms. The molecular weight excluding hydrogens is 344 g/mol. The molecule has 0 heterocycles. The molecule has 2 aromatic carbocycles. The first-order chi connectivity index (χ1) is 9.51. The van der Waals surface area contributed by atoms with Crippen molar-refractivity contribution in [1.29, 1.82) is 0 Å². The minimum Gasteiger partial charge on any atom is -0.496 e. The Balaban J connectivity index is 2.30. The number of nitrogen functional groups attached to an aromatic ring is 1. The maximum absolute atomic E-state index is 12.3. The molecule has 1 amide bonds. The molecule has 4 nitrogen and oxygen atoms in total. The first-order valence-corrected chi connectivity index (χ1v) is 6.88. The Bertz CT molecular complexity index is 662. The van der Waals surface area contributed by atoms with Crippen molar-refractivity contribution in [3.05, 3.63) is 51.5 Å². The number of carbonyl (C=O) groups excluding carboxylic acids is 1. The zero-order valence-corrected chi connectivity index (χ0v) is 13.0. The lowest BCUT2D eigenvalue weighted by Crippen LogP contribution is -2.14. The van der Waals surface area contributed by atoms with Crippen LogP contribution in [0.3, 0.4) is 0 Å². The molecule has 0 bridgehead atoms. The van der Waals surface area contributed by atoms with E-state index in [-0.39, 0.29) is 5.91 Å². The Morgan fingerprint density at radius 3 is 2.70 bits per heavy atom. The molecule has 0 saturated carbocycles. The summed E-state index contributed by atoms with van der Waals surface area (Å²) in [7, 11) is 1.50. The fraction of sp³-hybridized carbons (Fsp3) is 0.0714. The van der Waals surface area contributed by atoms with E-state index in [4.69, 9.17) is 22.1 Å². The number of hydrogen-bond donors (Lipinski definition) is 2. The molecule has 0 fully saturated rings. The van der Waals surface area contributed by atoms with Crippen LogP contribution in [0.15, 0.2) is 40.9 Å². The predicted octanol–water partition coefficient (Wildman–Crippen LogP) is 3.95. The lowest BCUT2D eigenvalue weighted by atomic mass is 10.1. The number of anilines is 2. The number of nitrogens with one attached hydrogen (secondary N) is 1. The number of amides is 1. The van der Waals surface area contributed by atoms with Crippen LogP contribution in [0.1, 0.15) is 10.4 Å². The van der Waals surface area contributed by atoms with E-state index in [0.29, 0.717) is 32.2 Å². The van der Waals surface area contributed by atoms with Gasteiger partial charge in [0.15, 0.2) is 0 Å². The highest BCUT2D eigenvalue weighted by Crippen LogP contribution is 2.28. The van der Waals surface area contributed by atoms with Gasteiger partial charge in [-0.05, 0) is 52.3 Å². The molecule has 0 unspecified atom stereocenters. The van der Waals surface area contributed by atoms with Crippen molar-refractivity contribution in [2.75, 3.05) is 18.2 Å². The van der Waals surface area contributed by atoms with Crippen LogP contribution in [-0.2, 0) is 0 Å². The van der Waals surface area contributed by atoms with Gasteiger partial charge in [0.1, 0.15) is 5.75 Å². The van der Waals surface area contributed by atoms with Crippen molar-refractivity contribution < 1.29 is 9.53 Å². The van der Waals surface area contributed by atoms with Gasteiger partial charge in [-0.15, -0.1) is 0 Å². The van der Waals surface area contributed by atoms with Gasteiger partial charge in [-0.1, -0.05) is 11.6 Å². The standard InChI is InChI=1S/C14H12BrClN2O2/c1-20-13-5-3-9(17)7-10(13)14(19)18-12-4-2-8(16)6-11(12)15/h2-7H,17H2,1H3,(H,18,19). The lowest BCUT2D eigenvalue weighted by molar-refractivity contribution is 0.102. The molecule has 6 heteroatoms. The quantitative estimate of drug-likeness (QED) is 0.820. The van der Waals surface area contributed by atoms with Crippen LogP contribution in [0.5, 0.6) is 5.75 Å². The summed E-state index contributed by atoms with van der Waals surface area (Å²) in [5.41, 5.74) is 7.18. The average molecular weight is 356 g/mol. The van der Waals surface area contributed by atoms with E-state index in [2.05, 4.69) is 21.2 Å². The molecule has 0 aliphatic carbocycles. The van der Waals surface area contributed by atoms with Gasteiger partial charge in [-0.3, -0.25) is 4.79 Å². The summed E-state index contributed by atoms with van der Waals surface area (Å²) in [6, 6.07) is 10.0. The van der Waals surface area contributed by atoms with E-state index >= 15 is 0 Å². The Kier molecular flexibility index (Phi) is 4.52. The molecule has 104 valence electrons. The fourth-order valence-electron chi connectivity index (χ4n) is 1.68. The Labute approximate surface area is 130 Å². The zero-order chi connectivity index (χ0) is 14.7. The summed E-state index contributed by atoms with van der Waals surface area (Å²) in [6.45, 7) is 0. The molecule has 0 aliphatic heterocycles. The van der Waals surface area contributed by atoms with Gasteiger partial charge in [-0.2, -0.15) is 0 Å². The van der Waals surface area contributed by atoms with Crippen molar-refractivity contribution in [3.8, 4) is 5.75 Å². The molecule has 0 radical (unpaired) electrons. The van der Waals surface area contributed by atoms with E-state index in [0.717, 1.165) is 0 Å². The Hall–Kier alpha value is -1.72. The van der Waals surface area contributed by atoms with Gasteiger partial charge in [0, 0.05) is 15.2 Å². The van der Waals surface area contributed by atoms with Crippen LogP contribution in [-0.4, -0.2) is 13.0 Å². The topological polar surface area (TPSA) is 64.3 Å². The third-order valence-electron chi connectivity index (χ3n) is 2.65. The molecule has 0 aliphatic rings. The number of halogens is 2. The molecular formula is C14H12BrClN2O2. The molecule has 3 N–H and O–H groups in total. The van der Waals surface area contributed by atoms with E-state index < -0.39 is 0 Å². The number of rotatable bonds is 3. The number of ether oxygens (including phenoxy) is 1. The van der Waals surface area contributed by atoms with Crippen molar-refractivity contribution in [3.63, 3.8) is 0 Å². The minimum absolute atomic E-state index is 0.308. The number of carbonyl (C=O) groups is 1. The van der Waals surface area contributed by atoms with E-state index in [1.54, 1.807) is 36.4 Å². The molecule has 0 aromatic heterocycles. The van der Waals surface area contributed by atoms with Crippen LogP contribution in [0, 0.1) is 0 Å². The largest absolute Gasteiger partial charge is 0.496 e. The Morgan fingerprint density at radius 1 is 1.30 bits per heavy atom. The monoisotopic (exact) mass is 354 g/mol. The highest BCUT2D eigenvalue weighted by molar-refractivity contribution is 9.10. The first kappa shape index (κ1) is 14.7. The maximum atomic E-state index is 12.3. The summed E-state index contributed by atoms with van der Waals surface area (Å²) in [5, 5.41) is 3.36. The fourth-order valence-corrected chi connectivity index (χ4v) is 2.47. The zero-order valence-electron chi connectivity index (χ0n) is 10.6. The van der Waals surface area contributed by atoms with Crippen LogP contribution in [0.2, 0.25) is 5.02 Å². The normalized spacial score (nSPS) is 10.2. The lowest BCUT2D eigenvalue weighted by Gasteiger charge is -2.11. The second-order valence-electron chi connectivity index (χ2n) is 4.04. The smallest absolute Gasteiger partial charge is 0.259 e. The Morgan fingerprint density at radius 2 is 2.05 bits per heavy atom. The summed E-state index contributed by atoms with van der Waals surface area (Å²) >= 11 is 9.20. The van der Waals surface area contributed by atoms with E-state index in [9.17, 15) is 4.79 Å². The predicted molar refractivity (Wildman–Crippen MR) is 84.5 cm³/mol. The third kappa shape index (κ3) is 3.23. The highest BCUT2D eigenvalue weighted by Gasteiger charge is 2.14. The van der Waals surface area contributed by atoms with Crippen molar-refractivity contribution in [1.82, 2.24) is 0 Å². The average Bonchev–Trinajstić information content (AvgIpc) is 2.41. The second kappa shape index (κ2) is 6.15. The van der Waals surface area contributed by atoms with E-state index in [1.165, 1.54) is 7.11 Å². The SMILES string of the molecule is COc1ccc(N)cc1C(=O)Nc1ccc(Cl)cc1Br. The first-order valence-electron chi connectivity index (χ1n) is 5.71. The maximum Gasteiger partial charge on any atom is 0.259 e. The number of nitrogens with two attached hydrogens (primary N) is 1. The summed E-state index contributed by atoms with van der Waals surface area (Å²) in [4.78, 5) is 12.3. The van der Waals surface area contributed by atoms with Crippen LogP contribution in [0.25, 0.3) is 0 Å². The van der Waals surface area contributed by atoms with Gasteiger partial charge in [-0.25, -0.2) is 0 Å². The van der Waals surface area contributed by atoms with Crippen molar-refractivity contribution >= 4 is 44.8 Å². The number of benzene rings is 2. The molecule has 2 aromatic rings. The summed E-state index contributed by atoms with van der Waals surface area (Å²) < 4.78 is 5.85. The van der Waals surface area contributed by atoms with Crippen LogP contribution >= 0.6 is 27.5 Å². The van der Waals surface area contributed by atoms with Gasteiger partial charge in [0.05, 0.1) is 18.4 Å². The van der Waals surface area contributed by atoms with Gasteiger partial charge in [0.2, 0.25) is 0 Å². The van der Waals surface area contributed by atoms with Gasteiger partial charge in [0.25, 0.3) is 5.91 Å². The van der Waals surface area contributed by atoms with Gasteiger partial charge >= 0.3 is 0 Å². The summed E-state index contributed by atoms with van der Waals surface area (Å²) in [5.74, 6) is 0.152. The number of methoxy groups -OCH3 is 1.